The van der Waals surface area contributed by atoms with Gasteiger partial charge < -0.3 is 0 Å². The summed E-state index contributed by atoms with van der Waals surface area (Å²) in [4.78, 5) is 0. The number of hydrogen-bond donors (Lipinski definition) is 0. The summed E-state index contributed by atoms with van der Waals surface area (Å²) in [6, 6.07) is 0. The lowest BCUT2D eigenvalue weighted by molar-refractivity contribution is 0.324. The summed E-state index contributed by atoms with van der Waals surface area (Å²) >= 11 is 0. The standard InChI is InChI=1S/C13H22/c1-4-5-6-8-12-9-7-10-13(2,3)11-12/h6,8-9H,4-5,7,10-11H2,1-3H3. The van der Waals surface area contributed by atoms with Crippen LogP contribution in [-0.2, 0) is 0 Å². The Hall–Kier alpha value is -0.520. The molecular weight excluding hydrogens is 156 g/mol. The maximum atomic E-state index is 2.40. The van der Waals surface area contributed by atoms with Crippen molar-refractivity contribution in [3.8, 4) is 0 Å². The summed E-state index contributed by atoms with van der Waals surface area (Å²) in [5.74, 6) is 0. The molecule has 0 nitrogen and oxygen atoms in total. The summed E-state index contributed by atoms with van der Waals surface area (Å²) in [7, 11) is 0. The second-order valence-electron chi connectivity index (χ2n) is 4.85. The van der Waals surface area contributed by atoms with Crippen molar-refractivity contribution in [3.05, 3.63) is 23.8 Å². The van der Waals surface area contributed by atoms with E-state index in [0.29, 0.717) is 5.41 Å². The number of rotatable bonds is 3. The maximum Gasteiger partial charge on any atom is -0.0230 e. The Labute approximate surface area is 82.7 Å². The van der Waals surface area contributed by atoms with E-state index in [0.717, 1.165) is 0 Å². The van der Waals surface area contributed by atoms with Gasteiger partial charge in [-0.3, -0.25) is 0 Å². The molecule has 0 unspecified atom stereocenters. The van der Waals surface area contributed by atoms with E-state index in [-0.39, 0.29) is 0 Å². The predicted molar refractivity (Wildman–Crippen MR) is 59.8 cm³/mol. The fourth-order valence-corrected chi connectivity index (χ4v) is 1.89. The predicted octanol–water partition coefficient (Wildman–Crippen LogP) is 4.48. The lowest BCUT2D eigenvalue weighted by Crippen LogP contribution is -2.14. The van der Waals surface area contributed by atoms with Gasteiger partial charge in [0.25, 0.3) is 0 Å². The Morgan fingerprint density at radius 2 is 2.23 bits per heavy atom. The highest BCUT2D eigenvalue weighted by molar-refractivity contribution is 5.22. The summed E-state index contributed by atoms with van der Waals surface area (Å²) in [5, 5.41) is 0. The van der Waals surface area contributed by atoms with E-state index in [9.17, 15) is 0 Å². The van der Waals surface area contributed by atoms with E-state index in [1.807, 2.05) is 0 Å². The summed E-state index contributed by atoms with van der Waals surface area (Å²) in [6.45, 7) is 6.96. The molecule has 74 valence electrons. The quantitative estimate of drug-likeness (QED) is 0.597. The van der Waals surface area contributed by atoms with Gasteiger partial charge in [0.15, 0.2) is 0 Å². The Morgan fingerprint density at radius 1 is 1.46 bits per heavy atom. The third-order valence-corrected chi connectivity index (χ3v) is 2.70. The second kappa shape index (κ2) is 4.64. The van der Waals surface area contributed by atoms with E-state index in [1.165, 1.54) is 32.1 Å². The topological polar surface area (TPSA) is 0 Å². The molecule has 0 aliphatic heterocycles. The van der Waals surface area contributed by atoms with Gasteiger partial charge in [0, 0.05) is 0 Å². The van der Waals surface area contributed by atoms with Crippen LogP contribution >= 0.6 is 0 Å². The number of unbranched alkanes of at least 4 members (excludes halogenated alkanes) is 1. The smallest absolute Gasteiger partial charge is 0.0230 e. The average molecular weight is 178 g/mol. The minimum atomic E-state index is 0.528. The van der Waals surface area contributed by atoms with Crippen molar-refractivity contribution in [2.75, 3.05) is 0 Å². The van der Waals surface area contributed by atoms with Gasteiger partial charge in [-0.25, -0.2) is 0 Å². The van der Waals surface area contributed by atoms with Crippen LogP contribution in [0.25, 0.3) is 0 Å². The normalized spacial score (nSPS) is 21.9. The van der Waals surface area contributed by atoms with Gasteiger partial charge in [-0.05, 0) is 31.1 Å². The van der Waals surface area contributed by atoms with Crippen LogP contribution in [0.5, 0.6) is 0 Å². The van der Waals surface area contributed by atoms with Crippen molar-refractivity contribution < 1.29 is 0 Å². The minimum Gasteiger partial charge on any atom is -0.0843 e. The van der Waals surface area contributed by atoms with Crippen LogP contribution in [0.2, 0.25) is 0 Å². The lowest BCUT2D eigenvalue weighted by atomic mass is 9.77. The van der Waals surface area contributed by atoms with Crippen LogP contribution in [0.15, 0.2) is 23.8 Å². The molecule has 0 aromatic carbocycles. The zero-order valence-electron chi connectivity index (χ0n) is 9.27. The molecule has 0 bridgehead atoms. The van der Waals surface area contributed by atoms with Gasteiger partial charge in [0.2, 0.25) is 0 Å². The fourth-order valence-electron chi connectivity index (χ4n) is 1.89. The SMILES string of the molecule is CCCC=CC1=CCCC(C)(C)C1. The van der Waals surface area contributed by atoms with Crippen molar-refractivity contribution in [2.45, 2.75) is 52.9 Å². The van der Waals surface area contributed by atoms with Crippen LogP contribution < -0.4 is 0 Å². The molecule has 0 saturated heterocycles. The molecule has 0 heterocycles. The van der Waals surface area contributed by atoms with Crippen molar-refractivity contribution in [3.63, 3.8) is 0 Å². The highest BCUT2D eigenvalue weighted by Crippen LogP contribution is 2.35. The maximum absolute atomic E-state index is 2.40. The number of hydrogen-bond acceptors (Lipinski definition) is 0. The van der Waals surface area contributed by atoms with E-state index >= 15 is 0 Å². The Bertz CT molecular complexity index is 206. The van der Waals surface area contributed by atoms with Crippen LogP contribution in [0, 0.1) is 5.41 Å². The third kappa shape index (κ3) is 3.80. The van der Waals surface area contributed by atoms with Gasteiger partial charge >= 0.3 is 0 Å². The Morgan fingerprint density at radius 3 is 2.85 bits per heavy atom. The zero-order chi connectivity index (χ0) is 9.73. The molecule has 0 radical (unpaired) electrons. The van der Waals surface area contributed by atoms with Crippen LogP contribution in [0.3, 0.4) is 0 Å². The average Bonchev–Trinajstić information content (AvgIpc) is 2.03. The highest BCUT2D eigenvalue weighted by Gasteiger charge is 2.21. The first-order chi connectivity index (χ1) is 6.14. The first-order valence-electron chi connectivity index (χ1n) is 5.49. The van der Waals surface area contributed by atoms with Crippen molar-refractivity contribution in [1.29, 1.82) is 0 Å². The van der Waals surface area contributed by atoms with Crippen LogP contribution in [0.4, 0.5) is 0 Å². The van der Waals surface area contributed by atoms with E-state index in [1.54, 1.807) is 5.57 Å². The van der Waals surface area contributed by atoms with Gasteiger partial charge in [0.05, 0.1) is 0 Å². The molecule has 0 N–H and O–H groups in total. The second-order valence-corrected chi connectivity index (χ2v) is 4.85. The summed E-state index contributed by atoms with van der Waals surface area (Å²) in [5.41, 5.74) is 2.07. The highest BCUT2D eigenvalue weighted by atomic mass is 14.3. The molecule has 0 saturated carbocycles. The summed E-state index contributed by atoms with van der Waals surface area (Å²) < 4.78 is 0. The summed E-state index contributed by atoms with van der Waals surface area (Å²) in [6.07, 6.45) is 13.4. The molecular formula is C13H22. The van der Waals surface area contributed by atoms with Crippen LogP contribution in [-0.4, -0.2) is 0 Å². The van der Waals surface area contributed by atoms with Crippen molar-refractivity contribution >= 4 is 0 Å². The monoisotopic (exact) mass is 178 g/mol. The molecule has 0 aromatic rings. The fraction of sp³-hybridized carbons (Fsp3) is 0.692. The zero-order valence-corrected chi connectivity index (χ0v) is 9.27. The van der Waals surface area contributed by atoms with Crippen LogP contribution in [0.1, 0.15) is 52.9 Å². The molecule has 0 atom stereocenters. The van der Waals surface area contributed by atoms with Gasteiger partial charge in [0.1, 0.15) is 0 Å². The largest absolute Gasteiger partial charge is 0.0843 e. The first-order valence-corrected chi connectivity index (χ1v) is 5.49. The van der Waals surface area contributed by atoms with Gasteiger partial charge in [-0.2, -0.15) is 0 Å². The molecule has 0 fully saturated rings. The number of allylic oxidation sites excluding steroid dienone is 4. The molecule has 1 aliphatic rings. The minimum absolute atomic E-state index is 0.528. The molecule has 0 aromatic heterocycles. The lowest BCUT2D eigenvalue weighted by Gasteiger charge is -2.28. The Kier molecular flexibility index (Phi) is 3.77. The Balaban J connectivity index is 2.47. The molecule has 0 spiro atoms. The molecule has 0 amide bonds. The molecule has 1 rings (SSSR count). The molecule has 0 heteroatoms. The molecule has 13 heavy (non-hydrogen) atoms. The third-order valence-electron chi connectivity index (χ3n) is 2.70. The van der Waals surface area contributed by atoms with Crippen molar-refractivity contribution in [1.82, 2.24) is 0 Å². The van der Waals surface area contributed by atoms with Gasteiger partial charge in [-0.1, -0.05) is 51.0 Å². The molecule has 1 aliphatic carbocycles. The van der Waals surface area contributed by atoms with E-state index in [2.05, 4.69) is 39.0 Å². The first kappa shape index (κ1) is 10.6. The van der Waals surface area contributed by atoms with E-state index in [4.69, 9.17) is 0 Å². The van der Waals surface area contributed by atoms with E-state index < -0.39 is 0 Å². The van der Waals surface area contributed by atoms with Crippen molar-refractivity contribution in [2.24, 2.45) is 5.41 Å². The van der Waals surface area contributed by atoms with Gasteiger partial charge in [-0.15, -0.1) is 0 Å².